The molecule has 86 valence electrons. The highest BCUT2D eigenvalue weighted by Crippen LogP contribution is 2.26. The third-order valence-corrected chi connectivity index (χ3v) is 2.92. The fourth-order valence-corrected chi connectivity index (χ4v) is 2.07. The van der Waals surface area contributed by atoms with Crippen LogP contribution in [0.4, 0.5) is 0 Å². The number of nitrogens with one attached hydrogen (secondary N) is 1. The molecule has 0 aliphatic carbocycles. The van der Waals surface area contributed by atoms with Gasteiger partial charge in [-0.3, -0.25) is 10.2 Å². The molecule has 0 radical (unpaired) electrons. The summed E-state index contributed by atoms with van der Waals surface area (Å²) in [6, 6.07) is 0. The number of hydrogen-bond acceptors (Lipinski definition) is 6. The molecule has 3 heterocycles. The van der Waals surface area contributed by atoms with Crippen LogP contribution in [0, 0.1) is 0 Å². The van der Waals surface area contributed by atoms with Crippen LogP contribution in [0.5, 0.6) is 0 Å². The lowest BCUT2D eigenvalue weighted by Crippen LogP contribution is -2.65. The number of morpholine rings is 2. The van der Waals surface area contributed by atoms with Gasteiger partial charge in [0.15, 0.2) is 25.0 Å². The van der Waals surface area contributed by atoms with Crippen LogP contribution >= 0.6 is 0 Å². The highest BCUT2D eigenvalue weighted by molar-refractivity contribution is 4.79. The molecule has 0 aromatic carbocycles. The maximum absolute atomic E-state index is 5.80. The van der Waals surface area contributed by atoms with Crippen LogP contribution < -0.4 is 5.32 Å². The van der Waals surface area contributed by atoms with Crippen molar-refractivity contribution in [3.05, 3.63) is 0 Å². The summed E-state index contributed by atoms with van der Waals surface area (Å²) in [5, 5.41) is 3.20. The highest BCUT2D eigenvalue weighted by Gasteiger charge is 2.44. The zero-order chi connectivity index (χ0) is 10.3. The molecule has 3 aliphatic rings. The van der Waals surface area contributed by atoms with E-state index < -0.39 is 0 Å². The Hall–Kier alpha value is -0.240. The molecule has 0 amide bonds. The van der Waals surface area contributed by atoms with E-state index in [1.807, 2.05) is 7.05 Å². The van der Waals surface area contributed by atoms with Gasteiger partial charge in [-0.2, -0.15) is 0 Å². The van der Waals surface area contributed by atoms with E-state index in [2.05, 4.69) is 10.2 Å². The summed E-state index contributed by atoms with van der Waals surface area (Å²) in [6.07, 6.45) is -0.977. The standard InChI is InChI=1S/C9H16N2O4/c1-11-3-5-13-9-7(11)15-8-6(14-9)10-2-4-12-8/h6-10H,2-5H2,1H3. The monoisotopic (exact) mass is 216 g/mol. The maximum Gasteiger partial charge on any atom is 0.199 e. The molecule has 0 spiro atoms. The van der Waals surface area contributed by atoms with Crippen molar-refractivity contribution in [2.45, 2.75) is 25.0 Å². The smallest absolute Gasteiger partial charge is 0.199 e. The van der Waals surface area contributed by atoms with Crippen molar-refractivity contribution >= 4 is 0 Å². The summed E-state index contributed by atoms with van der Waals surface area (Å²) < 4.78 is 22.5. The fraction of sp³-hybridized carbons (Fsp3) is 1.00. The average Bonchev–Trinajstić information content (AvgIpc) is 2.27. The molecule has 6 heteroatoms. The lowest BCUT2D eigenvalue weighted by molar-refractivity contribution is -0.398. The van der Waals surface area contributed by atoms with Gasteiger partial charge in [-0.1, -0.05) is 0 Å². The molecule has 0 aromatic rings. The Labute approximate surface area is 88.4 Å². The number of hydrogen-bond donors (Lipinski definition) is 1. The second kappa shape index (κ2) is 3.97. The first-order valence-electron chi connectivity index (χ1n) is 5.32. The predicted molar refractivity (Wildman–Crippen MR) is 49.9 cm³/mol. The minimum absolute atomic E-state index is 0.153. The number of likely N-dealkylation sites (N-methyl/N-ethyl adjacent to an activating group) is 1. The van der Waals surface area contributed by atoms with Gasteiger partial charge in [0.1, 0.15) is 0 Å². The van der Waals surface area contributed by atoms with Crippen molar-refractivity contribution in [2.75, 3.05) is 33.4 Å². The summed E-state index contributed by atoms with van der Waals surface area (Å²) in [6.45, 7) is 2.98. The highest BCUT2D eigenvalue weighted by atomic mass is 16.8. The van der Waals surface area contributed by atoms with Crippen LogP contribution in [0.2, 0.25) is 0 Å². The van der Waals surface area contributed by atoms with Crippen molar-refractivity contribution in [3.8, 4) is 0 Å². The molecule has 4 atom stereocenters. The third kappa shape index (κ3) is 1.77. The predicted octanol–water partition coefficient (Wildman–Crippen LogP) is -1.08. The topological polar surface area (TPSA) is 52.2 Å². The Morgan fingerprint density at radius 2 is 2.00 bits per heavy atom. The Bertz CT molecular complexity index is 240. The zero-order valence-corrected chi connectivity index (χ0v) is 8.72. The van der Waals surface area contributed by atoms with Gasteiger partial charge in [0.2, 0.25) is 0 Å². The first-order valence-corrected chi connectivity index (χ1v) is 5.32. The lowest BCUT2D eigenvalue weighted by atomic mass is 10.3. The van der Waals surface area contributed by atoms with Crippen molar-refractivity contribution in [2.24, 2.45) is 0 Å². The van der Waals surface area contributed by atoms with Crippen molar-refractivity contribution in [1.82, 2.24) is 10.2 Å². The third-order valence-electron chi connectivity index (χ3n) is 2.92. The number of rotatable bonds is 0. The van der Waals surface area contributed by atoms with Crippen LogP contribution in [0.25, 0.3) is 0 Å². The first kappa shape index (κ1) is 9.95. The number of nitrogens with zero attached hydrogens (tertiary/aromatic N) is 1. The van der Waals surface area contributed by atoms with Crippen LogP contribution in [-0.4, -0.2) is 63.3 Å². The van der Waals surface area contributed by atoms with Gasteiger partial charge in [-0.15, -0.1) is 0 Å². The van der Waals surface area contributed by atoms with Gasteiger partial charge in [0.25, 0.3) is 0 Å². The van der Waals surface area contributed by atoms with Gasteiger partial charge < -0.3 is 18.9 Å². The average molecular weight is 216 g/mol. The van der Waals surface area contributed by atoms with E-state index in [1.54, 1.807) is 0 Å². The molecule has 15 heavy (non-hydrogen) atoms. The van der Waals surface area contributed by atoms with Gasteiger partial charge in [-0.05, 0) is 7.05 Å². The molecule has 1 N–H and O–H groups in total. The molecule has 4 unspecified atom stereocenters. The first-order chi connectivity index (χ1) is 7.34. The SMILES string of the molecule is CN1CCOC2OC3NCCOC3OC21. The van der Waals surface area contributed by atoms with E-state index in [1.165, 1.54) is 0 Å². The van der Waals surface area contributed by atoms with E-state index in [0.29, 0.717) is 13.2 Å². The molecule has 3 saturated heterocycles. The minimum atomic E-state index is -0.316. The summed E-state index contributed by atoms with van der Waals surface area (Å²) in [7, 11) is 2.00. The molecular formula is C9H16N2O4. The summed E-state index contributed by atoms with van der Waals surface area (Å²) in [4.78, 5) is 2.09. The van der Waals surface area contributed by atoms with E-state index >= 15 is 0 Å². The molecule has 6 nitrogen and oxygen atoms in total. The summed E-state index contributed by atoms with van der Waals surface area (Å²) >= 11 is 0. The molecular weight excluding hydrogens is 200 g/mol. The normalized spacial score (nSPS) is 47.0. The van der Waals surface area contributed by atoms with Gasteiger partial charge in [0, 0.05) is 13.1 Å². The second-order valence-electron chi connectivity index (χ2n) is 4.00. The lowest BCUT2D eigenvalue weighted by Gasteiger charge is -2.47. The molecule has 0 aromatic heterocycles. The fourth-order valence-electron chi connectivity index (χ4n) is 2.07. The minimum Gasteiger partial charge on any atom is -0.347 e. The van der Waals surface area contributed by atoms with Crippen molar-refractivity contribution < 1.29 is 18.9 Å². The quantitative estimate of drug-likeness (QED) is 0.556. The Kier molecular flexibility index (Phi) is 2.63. The molecule has 3 fully saturated rings. The molecule has 0 bridgehead atoms. The maximum atomic E-state index is 5.80. The second-order valence-corrected chi connectivity index (χ2v) is 4.00. The Morgan fingerprint density at radius 1 is 1.13 bits per heavy atom. The Morgan fingerprint density at radius 3 is 2.93 bits per heavy atom. The van der Waals surface area contributed by atoms with Gasteiger partial charge in [0.05, 0.1) is 13.2 Å². The van der Waals surface area contributed by atoms with Gasteiger partial charge >= 0.3 is 0 Å². The zero-order valence-electron chi connectivity index (χ0n) is 8.72. The van der Waals surface area contributed by atoms with Crippen molar-refractivity contribution in [3.63, 3.8) is 0 Å². The van der Waals surface area contributed by atoms with Crippen LogP contribution in [0.1, 0.15) is 0 Å². The van der Waals surface area contributed by atoms with Crippen LogP contribution in [-0.2, 0) is 18.9 Å². The van der Waals surface area contributed by atoms with E-state index in [0.717, 1.165) is 13.1 Å². The number of ether oxygens (including phenoxy) is 4. The van der Waals surface area contributed by atoms with Crippen LogP contribution in [0.3, 0.4) is 0 Å². The van der Waals surface area contributed by atoms with E-state index in [4.69, 9.17) is 18.9 Å². The molecule has 3 rings (SSSR count). The van der Waals surface area contributed by atoms with Crippen LogP contribution in [0.15, 0.2) is 0 Å². The number of fused-ring (bicyclic) bond motifs is 2. The largest absolute Gasteiger partial charge is 0.347 e. The summed E-state index contributed by atoms with van der Waals surface area (Å²) in [5.74, 6) is 0. The van der Waals surface area contributed by atoms with E-state index in [9.17, 15) is 0 Å². The summed E-state index contributed by atoms with van der Waals surface area (Å²) in [5.41, 5.74) is 0. The van der Waals surface area contributed by atoms with Gasteiger partial charge in [-0.25, -0.2) is 0 Å². The molecule has 0 saturated carbocycles. The Balaban J connectivity index is 1.71. The van der Waals surface area contributed by atoms with Crippen molar-refractivity contribution in [1.29, 1.82) is 0 Å². The molecule has 3 aliphatic heterocycles. The van der Waals surface area contributed by atoms with E-state index in [-0.39, 0.29) is 25.0 Å².